The second-order valence-corrected chi connectivity index (χ2v) is 7.83. The Balaban J connectivity index is 1.69. The highest BCUT2D eigenvalue weighted by Gasteiger charge is 2.34. The van der Waals surface area contributed by atoms with Crippen LogP contribution in [0, 0.1) is 11.6 Å². The molecule has 0 saturated heterocycles. The number of ether oxygens (including phenoxy) is 1. The summed E-state index contributed by atoms with van der Waals surface area (Å²) in [6.45, 7) is 2.17. The van der Waals surface area contributed by atoms with Crippen molar-refractivity contribution < 1.29 is 26.7 Å². The van der Waals surface area contributed by atoms with Crippen LogP contribution < -0.4 is 4.74 Å². The van der Waals surface area contributed by atoms with E-state index in [0.717, 1.165) is 46.5 Å². The van der Waals surface area contributed by atoms with E-state index in [0.29, 0.717) is 5.56 Å². The van der Waals surface area contributed by atoms with E-state index in [1.165, 1.54) is 18.4 Å². The van der Waals surface area contributed by atoms with E-state index in [1.807, 2.05) is 18.2 Å². The molecule has 0 heterocycles. The predicted octanol–water partition coefficient (Wildman–Crippen LogP) is 8.57. The minimum atomic E-state index is -5.18. The first-order valence-electron chi connectivity index (χ1n) is 10.5. The van der Waals surface area contributed by atoms with Crippen LogP contribution in [0.3, 0.4) is 0 Å². The van der Waals surface area contributed by atoms with Crippen molar-refractivity contribution in [2.75, 3.05) is 0 Å². The van der Waals surface area contributed by atoms with Crippen LogP contribution >= 0.6 is 0 Å². The lowest BCUT2D eigenvalue weighted by molar-refractivity contribution is -0.276. The van der Waals surface area contributed by atoms with E-state index >= 15 is 0 Å². The quantitative estimate of drug-likeness (QED) is 0.164. The number of benzene rings is 4. The van der Waals surface area contributed by atoms with Crippen LogP contribution in [-0.4, -0.2) is 6.36 Å². The van der Waals surface area contributed by atoms with Crippen LogP contribution in [-0.2, 0) is 6.42 Å². The normalized spacial score (nSPS) is 11.9. The van der Waals surface area contributed by atoms with E-state index in [1.54, 1.807) is 12.1 Å². The molecule has 0 aromatic heterocycles. The van der Waals surface area contributed by atoms with Gasteiger partial charge in [0.15, 0.2) is 11.6 Å². The van der Waals surface area contributed by atoms with Gasteiger partial charge in [-0.3, -0.25) is 0 Å². The summed E-state index contributed by atoms with van der Waals surface area (Å²) in [4.78, 5) is 0. The molecule has 32 heavy (non-hydrogen) atoms. The fraction of sp³-hybridized carbons (Fsp3) is 0.231. The zero-order chi connectivity index (χ0) is 22.9. The van der Waals surface area contributed by atoms with Gasteiger partial charge in [-0.2, -0.15) is 0 Å². The molecule has 0 fully saturated rings. The minimum absolute atomic E-state index is 0.128. The molecule has 0 radical (unpaired) electrons. The first-order valence-corrected chi connectivity index (χ1v) is 10.5. The van der Waals surface area contributed by atoms with E-state index in [2.05, 4.69) is 29.9 Å². The molecule has 0 unspecified atom stereocenters. The van der Waals surface area contributed by atoms with Gasteiger partial charge in [0.05, 0.1) is 0 Å². The van der Waals surface area contributed by atoms with Crippen molar-refractivity contribution in [2.45, 2.75) is 39.0 Å². The minimum Gasteiger partial charge on any atom is -0.399 e. The number of halogens is 5. The molecule has 0 N–H and O–H groups in total. The van der Waals surface area contributed by atoms with Crippen molar-refractivity contribution in [3.8, 4) is 16.9 Å². The molecular weight excluding hydrogens is 423 g/mol. The summed E-state index contributed by atoms with van der Waals surface area (Å²) in [5.74, 6) is -4.28. The zero-order valence-corrected chi connectivity index (χ0v) is 17.4. The van der Waals surface area contributed by atoms with Gasteiger partial charge in [0.2, 0.25) is 5.75 Å². The molecular formula is C26H21F5O. The molecule has 1 nitrogen and oxygen atoms in total. The first kappa shape index (κ1) is 22.1. The van der Waals surface area contributed by atoms with Crippen LogP contribution in [0.25, 0.3) is 32.7 Å². The average molecular weight is 444 g/mol. The molecule has 0 aliphatic heterocycles. The first-order chi connectivity index (χ1) is 15.2. The number of rotatable bonds is 6. The van der Waals surface area contributed by atoms with Crippen LogP contribution in [0.1, 0.15) is 31.7 Å². The number of hydrogen-bond donors (Lipinski definition) is 0. The molecule has 166 valence electrons. The van der Waals surface area contributed by atoms with Gasteiger partial charge >= 0.3 is 6.36 Å². The zero-order valence-electron chi connectivity index (χ0n) is 17.4. The van der Waals surface area contributed by atoms with Gasteiger partial charge < -0.3 is 4.74 Å². The molecule has 0 amide bonds. The molecule has 0 atom stereocenters. The van der Waals surface area contributed by atoms with Gasteiger partial charge in [-0.1, -0.05) is 62.2 Å². The second-order valence-electron chi connectivity index (χ2n) is 7.83. The molecule has 4 aromatic rings. The Morgan fingerprint density at radius 1 is 0.719 bits per heavy atom. The topological polar surface area (TPSA) is 9.23 Å². The number of unbranched alkanes of at least 4 members (excludes halogenated alkanes) is 2. The maximum absolute atomic E-state index is 14.1. The number of hydrogen-bond acceptors (Lipinski definition) is 1. The summed E-state index contributed by atoms with van der Waals surface area (Å²) >= 11 is 0. The van der Waals surface area contributed by atoms with Crippen LogP contribution in [0.4, 0.5) is 22.0 Å². The lowest BCUT2D eigenvalue weighted by Gasteiger charge is -2.13. The van der Waals surface area contributed by atoms with E-state index in [-0.39, 0.29) is 5.56 Å². The third-order valence-electron chi connectivity index (χ3n) is 5.52. The Morgan fingerprint density at radius 2 is 1.34 bits per heavy atom. The summed E-state index contributed by atoms with van der Waals surface area (Å²) < 4.78 is 68.9. The van der Waals surface area contributed by atoms with Crippen LogP contribution in [0.15, 0.2) is 60.7 Å². The third-order valence-corrected chi connectivity index (χ3v) is 5.52. The van der Waals surface area contributed by atoms with E-state index < -0.39 is 23.7 Å². The summed E-state index contributed by atoms with van der Waals surface area (Å²) in [5.41, 5.74) is 1.90. The van der Waals surface area contributed by atoms with Crippen molar-refractivity contribution in [1.82, 2.24) is 0 Å². The molecule has 0 aliphatic carbocycles. The second kappa shape index (κ2) is 8.77. The van der Waals surface area contributed by atoms with Gasteiger partial charge in [-0.05, 0) is 69.3 Å². The van der Waals surface area contributed by atoms with Crippen molar-refractivity contribution in [1.29, 1.82) is 0 Å². The largest absolute Gasteiger partial charge is 0.573 e. The SMILES string of the molecule is CCCCCc1ccc2c(ccc3cc(-c4cc(F)c(OC(F)(F)F)c(F)c4)ccc32)c1. The van der Waals surface area contributed by atoms with Crippen molar-refractivity contribution in [2.24, 2.45) is 0 Å². The standard InChI is InChI=1S/C26H21F5O/c1-2-3-4-5-16-6-10-21-18(12-16)7-8-19-13-17(9-11-22(19)21)20-14-23(27)25(24(28)15-20)32-26(29,30)31/h6-15H,2-5H2,1H3. The number of alkyl halides is 3. The van der Waals surface area contributed by atoms with Gasteiger partial charge in [-0.25, -0.2) is 8.78 Å². The monoisotopic (exact) mass is 444 g/mol. The predicted molar refractivity (Wildman–Crippen MR) is 117 cm³/mol. The molecule has 0 aliphatic rings. The lowest BCUT2D eigenvalue weighted by atomic mass is 9.95. The Morgan fingerprint density at radius 3 is 1.97 bits per heavy atom. The highest BCUT2D eigenvalue weighted by Crippen LogP contribution is 2.35. The Labute approximate surface area is 182 Å². The summed E-state index contributed by atoms with van der Waals surface area (Å²) in [6, 6.07) is 17.3. The fourth-order valence-corrected chi connectivity index (χ4v) is 3.97. The highest BCUT2D eigenvalue weighted by atomic mass is 19.4. The molecule has 6 heteroatoms. The lowest BCUT2D eigenvalue weighted by Crippen LogP contribution is -2.19. The smallest absolute Gasteiger partial charge is 0.399 e. The Kier molecular flexibility index (Phi) is 6.04. The highest BCUT2D eigenvalue weighted by molar-refractivity contribution is 6.08. The Bertz CT molecular complexity index is 1250. The van der Waals surface area contributed by atoms with Crippen molar-refractivity contribution in [3.05, 3.63) is 77.9 Å². The average Bonchev–Trinajstić information content (AvgIpc) is 2.75. The van der Waals surface area contributed by atoms with Gasteiger partial charge in [0.25, 0.3) is 0 Å². The van der Waals surface area contributed by atoms with Gasteiger partial charge in [-0.15, -0.1) is 13.2 Å². The summed E-state index contributed by atoms with van der Waals surface area (Å²) in [6.07, 6.45) is -0.622. The van der Waals surface area contributed by atoms with Crippen molar-refractivity contribution in [3.63, 3.8) is 0 Å². The molecule has 0 spiro atoms. The van der Waals surface area contributed by atoms with Crippen LogP contribution in [0.5, 0.6) is 5.75 Å². The van der Waals surface area contributed by atoms with Crippen LogP contribution in [0.2, 0.25) is 0 Å². The molecule has 4 rings (SSSR count). The molecule has 0 saturated carbocycles. The van der Waals surface area contributed by atoms with E-state index in [4.69, 9.17) is 0 Å². The third kappa shape index (κ3) is 4.69. The summed E-state index contributed by atoms with van der Waals surface area (Å²) in [5, 5.41) is 4.04. The maximum Gasteiger partial charge on any atom is 0.573 e. The van der Waals surface area contributed by atoms with Gasteiger partial charge in [0, 0.05) is 0 Å². The number of fused-ring (bicyclic) bond motifs is 3. The van der Waals surface area contributed by atoms with Crippen molar-refractivity contribution >= 4 is 21.5 Å². The van der Waals surface area contributed by atoms with Gasteiger partial charge in [0.1, 0.15) is 0 Å². The molecule has 0 bridgehead atoms. The maximum atomic E-state index is 14.1. The number of aryl methyl sites for hydroxylation is 1. The fourth-order valence-electron chi connectivity index (χ4n) is 3.97. The van der Waals surface area contributed by atoms with E-state index in [9.17, 15) is 22.0 Å². The molecule has 4 aromatic carbocycles. The summed E-state index contributed by atoms with van der Waals surface area (Å²) in [7, 11) is 0. The Hall–Kier alpha value is -3.15.